The Morgan fingerprint density at radius 2 is 1.71 bits per heavy atom. The average Bonchev–Trinajstić information content (AvgIpc) is 2.71. The predicted octanol–water partition coefficient (Wildman–Crippen LogP) is 3.01. The Kier molecular flexibility index (Phi) is 4.05. The van der Waals surface area contributed by atoms with Gasteiger partial charge in [-0.1, -0.05) is 25.7 Å². The average molecular weight is 291 g/mol. The monoisotopic (exact) mass is 291 g/mol. The van der Waals surface area contributed by atoms with Crippen LogP contribution in [0.25, 0.3) is 0 Å². The van der Waals surface area contributed by atoms with E-state index in [1.165, 1.54) is 19.3 Å². The smallest absolute Gasteiger partial charge is 0.335 e. The zero-order chi connectivity index (χ0) is 14.9. The van der Waals surface area contributed by atoms with Gasteiger partial charge in [0, 0.05) is 11.6 Å². The normalized spacial score (nSPS) is 26.0. The van der Waals surface area contributed by atoms with Crippen molar-refractivity contribution in [1.29, 1.82) is 0 Å². The summed E-state index contributed by atoms with van der Waals surface area (Å²) in [6.07, 6.45) is 10.6. The highest BCUT2D eigenvalue weighted by molar-refractivity contribution is 6.07. The van der Waals surface area contributed by atoms with Gasteiger partial charge in [0.05, 0.1) is 5.57 Å². The summed E-state index contributed by atoms with van der Waals surface area (Å²) >= 11 is 0. The summed E-state index contributed by atoms with van der Waals surface area (Å²) in [7, 11) is 0. The third-order valence-corrected chi connectivity index (χ3v) is 5.25. The maximum Gasteiger partial charge on any atom is 0.335 e. The first-order chi connectivity index (χ1) is 10.1. The summed E-state index contributed by atoms with van der Waals surface area (Å²) < 4.78 is 5.65. The van der Waals surface area contributed by atoms with Gasteiger partial charge in [-0.15, -0.1) is 0 Å². The van der Waals surface area contributed by atoms with Gasteiger partial charge >= 0.3 is 5.97 Å². The molecule has 0 unspecified atom stereocenters. The first-order valence-corrected chi connectivity index (χ1v) is 8.38. The SMILES string of the molecule is CC1=C(C(=O)NC2CCCCC2)C2(CCCCC2)OC1=O. The van der Waals surface area contributed by atoms with Crippen molar-refractivity contribution in [2.75, 3.05) is 0 Å². The van der Waals surface area contributed by atoms with Crippen molar-refractivity contribution in [3.63, 3.8) is 0 Å². The van der Waals surface area contributed by atoms with Crippen LogP contribution in [-0.4, -0.2) is 23.5 Å². The lowest BCUT2D eigenvalue weighted by atomic mass is 9.78. The van der Waals surface area contributed by atoms with E-state index >= 15 is 0 Å². The van der Waals surface area contributed by atoms with Crippen LogP contribution < -0.4 is 5.32 Å². The minimum atomic E-state index is -0.627. The molecule has 0 aromatic carbocycles. The van der Waals surface area contributed by atoms with Gasteiger partial charge in [-0.25, -0.2) is 4.79 Å². The van der Waals surface area contributed by atoms with Crippen molar-refractivity contribution in [2.45, 2.75) is 82.8 Å². The largest absolute Gasteiger partial charge is 0.451 e. The highest BCUT2D eigenvalue weighted by atomic mass is 16.6. The van der Waals surface area contributed by atoms with Crippen molar-refractivity contribution in [3.05, 3.63) is 11.1 Å². The molecule has 1 aliphatic heterocycles. The number of rotatable bonds is 2. The summed E-state index contributed by atoms with van der Waals surface area (Å²) in [5, 5.41) is 3.15. The quantitative estimate of drug-likeness (QED) is 0.796. The van der Waals surface area contributed by atoms with Crippen LogP contribution in [0.3, 0.4) is 0 Å². The van der Waals surface area contributed by atoms with E-state index in [0.717, 1.165) is 44.9 Å². The van der Waals surface area contributed by atoms with Gasteiger partial charge in [-0.3, -0.25) is 4.79 Å². The molecule has 1 amide bonds. The van der Waals surface area contributed by atoms with Crippen LogP contribution in [0.5, 0.6) is 0 Å². The lowest BCUT2D eigenvalue weighted by Crippen LogP contribution is -2.44. The number of hydrogen-bond donors (Lipinski definition) is 1. The molecule has 116 valence electrons. The van der Waals surface area contributed by atoms with Crippen LogP contribution in [0.4, 0.5) is 0 Å². The summed E-state index contributed by atoms with van der Waals surface area (Å²) in [4.78, 5) is 24.7. The van der Waals surface area contributed by atoms with E-state index in [4.69, 9.17) is 4.74 Å². The maximum atomic E-state index is 12.7. The van der Waals surface area contributed by atoms with E-state index in [-0.39, 0.29) is 17.9 Å². The van der Waals surface area contributed by atoms with Crippen LogP contribution in [0.15, 0.2) is 11.1 Å². The fourth-order valence-corrected chi connectivity index (χ4v) is 4.11. The second-order valence-electron chi connectivity index (χ2n) is 6.75. The Morgan fingerprint density at radius 1 is 1.10 bits per heavy atom. The minimum absolute atomic E-state index is 0.0628. The standard InChI is InChI=1S/C17H25NO3/c1-12-14(15(19)18-13-8-4-2-5-9-13)17(21-16(12)20)10-6-3-7-11-17/h13H,2-11H2,1H3,(H,18,19). The molecule has 0 aromatic heterocycles. The molecule has 1 N–H and O–H groups in total. The lowest BCUT2D eigenvalue weighted by Gasteiger charge is -2.34. The molecule has 0 saturated heterocycles. The highest BCUT2D eigenvalue weighted by Gasteiger charge is 2.49. The Labute approximate surface area is 126 Å². The van der Waals surface area contributed by atoms with E-state index in [0.29, 0.717) is 11.1 Å². The van der Waals surface area contributed by atoms with Crippen LogP contribution in [-0.2, 0) is 14.3 Å². The molecule has 2 fully saturated rings. The van der Waals surface area contributed by atoms with Crippen LogP contribution in [0, 0.1) is 0 Å². The first-order valence-electron chi connectivity index (χ1n) is 8.38. The van der Waals surface area contributed by atoms with E-state index in [9.17, 15) is 9.59 Å². The minimum Gasteiger partial charge on any atom is -0.451 e. The van der Waals surface area contributed by atoms with Crippen molar-refractivity contribution in [1.82, 2.24) is 5.32 Å². The molecule has 1 heterocycles. The fourth-order valence-electron chi connectivity index (χ4n) is 4.11. The number of hydrogen-bond acceptors (Lipinski definition) is 3. The van der Waals surface area contributed by atoms with Gasteiger partial charge in [-0.2, -0.15) is 0 Å². The van der Waals surface area contributed by atoms with Crippen LogP contribution in [0.1, 0.15) is 71.1 Å². The van der Waals surface area contributed by atoms with Gasteiger partial charge in [-0.05, 0) is 45.4 Å². The molecule has 0 aromatic rings. The third kappa shape index (κ3) is 2.72. The fraction of sp³-hybridized carbons (Fsp3) is 0.765. The van der Waals surface area contributed by atoms with Crippen LogP contribution in [0.2, 0.25) is 0 Å². The van der Waals surface area contributed by atoms with Gasteiger partial charge in [0.2, 0.25) is 0 Å². The zero-order valence-electron chi connectivity index (χ0n) is 12.9. The highest BCUT2D eigenvalue weighted by Crippen LogP contribution is 2.43. The molecule has 21 heavy (non-hydrogen) atoms. The number of carbonyl (C=O) groups is 2. The number of carbonyl (C=O) groups excluding carboxylic acids is 2. The third-order valence-electron chi connectivity index (χ3n) is 5.25. The summed E-state index contributed by atoms with van der Waals surface area (Å²) in [5.74, 6) is -0.363. The van der Waals surface area contributed by atoms with Gasteiger partial charge < -0.3 is 10.1 Å². The molecule has 0 atom stereocenters. The predicted molar refractivity (Wildman–Crippen MR) is 79.6 cm³/mol. The Bertz CT molecular complexity index is 468. The summed E-state index contributed by atoms with van der Waals surface area (Å²) in [6, 6.07) is 0.267. The first kappa shape index (κ1) is 14.6. The van der Waals surface area contributed by atoms with Crippen molar-refractivity contribution in [2.24, 2.45) is 0 Å². The van der Waals surface area contributed by atoms with Crippen molar-refractivity contribution in [3.8, 4) is 0 Å². The number of amides is 1. The molecule has 0 radical (unpaired) electrons. The summed E-state index contributed by atoms with van der Waals surface area (Å²) in [6.45, 7) is 1.74. The second-order valence-corrected chi connectivity index (χ2v) is 6.75. The molecule has 3 rings (SSSR count). The molecule has 0 bridgehead atoms. The van der Waals surface area contributed by atoms with E-state index in [2.05, 4.69) is 5.32 Å². The van der Waals surface area contributed by atoms with E-state index < -0.39 is 5.60 Å². The molecule has 2 saturated carbocycles. The lowest BCUT2D eigenvalue weighted by molar-refractivity contribution is -0.149. The summed E-state index contributed by atoms with van der Waals surface area (Å²) in [5.41, 5.74) is 0.515. The van der Waals surface area contributed by atoms with Gasteiger partial charge in [0.1, 0.15) is 5.60 Å². The Balaban J connectivity index is 1.79. The van der Waals surface area contributed by atoms with Gasteiger partial charge in [0.15, 0.2) is 0 Å². The second kappa shape index (κ2) is 5.82. The number of ether oxygens (including phenoxy) is 1. The molecule has 2 aliphatic carbocycles. The zero-order valence-corrected chi connectivity index (χ0v) is 12.9. The molecule has 3 aliphatic rings. The number of esters is 1. The topological polar surface area (TPSA) is 55.4 Å². The van der Waals surface area contributed by atoms with Crippen molar-refractivity contribution >= 4 is 11.9 Å². The molecular formula is C17H25NO3. The van der Waals surface area contributed by atoms with E-state index in [1.807, 2.05) is 0 Å². The molecule has 4 heteroatoms. The van der Waals surface area contributed by atoms with Crippen LogP contribution >= 0.6 is 0 Å². The molecule has 4 nitrogen and oxygen atoms in total. The maximum absolute atomic E-state index is 12.7. The Morgan fingerprint density at radius 3 is 2.38 bits per heavy atom. The van der Waals surface area contributed by atoms with E-state index in [1.54, 1.807) is 6.92 Å². The molecular weight excluding hydrogens is 266 g/mol. The Hall–Kier alpha value is -1.32. The van der Waals surface area contributed by atoms with Crippen molar-refractivity contribution < 1.29 is 14.3 Å². The molecule has 1 spiro atoms. The number of nitrogens with one attached hydrogen (secondary N) is 1. The van der Waals surface area contributed by atoms with Gasteiger partial charge in [0.25, 0.3) is 5.91 Å².